The number of hydrogen-bond donors (Lipinski definition) is 5. The fourth-order valence-corrected chi connectivity index (χ4v) is 9.18. The molecular formula is C35H42O9. The highest BCUT2D eigenvalue weighted by Gasteiger charge is 2.83. The molecule has 2 aromatic rings. The van der Waals surface area contributed by atoms with Crippen molar-refractivity contribution in [2.75, 3.05) is 0 Å². The number of hydrogen-bond acceptors (Lipinski definition) is 9. The van der Waals surface area contributed by atoms with Gasteiger partial charge in [0.15, 0.2) is 0 Å². The van der Waals surface area contributed by atoms with E-state index in [0.717, 1.165) is 5.57 Å². The van der Waals surface area contributed by atoms with E-state index in [-0.39, 0.29) is 30.4 Å². The molecule has 44 heavy (non-hydrogen) atoms. The fourth-order valence-electron chi connectivity index (χ4n) is 9.18. The monoisotopic (exact) mass is 606 g/mol. The SMILES string of the molecule is C[C@H](OC(=O)c1ccccc1)[C@]1(O)CC[C@]2(O)[C@@]3(O)[C@H](O)C=C4C[C@H](O)CC[C@]4(C)[C@@H]3C[C@H](OC(=O)c3ccccc3)[C@@]21C. The minimum atomic E-state index is -2.17. The van der Waals surface area contributed by atoms with Crippen molar-refractivity contribution in [3.05, 3.63) is 83.4 Å². The lowest BCUT2D eigenvalue weighted by Crippen LogP contribution is -2.81. The van der Waals surface area contributed by atoms with E-state index in [9.17, 15) is 35.1 Å². The Labute approximate surface area is 257 Å². The molecule has 4 aliphatic rings. The molecule has 4 aliphatic carbocycles. The summed E-state index contributed by atoms with van der Waals surface area (Å²) in [6.45, 7) is 5.05. The van der Waals surface area contributed by atoms with E-state index < -0.39 is 69.9 Å². The third kappa shape index (κ3) is 4.09. The Morgan fingerprint density at radius 3 is 2.07 bits per heavy atom. The van der Waals surface area contributed by atoms with Crippen molar-refractivity contribution in [3.63, 3.8) is 0 Å². The van der Waals surface area contributed by atoms with Gasteiger partial charge in [-0.3, -0.25) is 0 Å². The lowest BCUT2D eigenvalue weighted by Gasteiger charge is -2.68. The number of rotatable bonds is 5. The second kappa shape index (κ2) is 10.5. The maximum atomic E-state index is 13.6. The number of ether oxygens (including phenoxy) is 2. The molecule has 5 N–H and O–H groups in total. The number of esters is 2. The van der Waals surface area contributed by atoms with E-state index in [1.54, 1.807) is 73.7 Å². The van der Waals surface area contributed by atoms with E-state index in [4.69, 9.17) is 9.47 Å². The Morgan fingerprint density at radius 2 is 1.45 bits per heavy atom. The summed E-state index contributed by atoms with van der Waals surface area (Å²) in [5.74, 6) is -2.12. The van der Waals surface area contributed by atoms with Crippen molar-refractivity contribution in [2.24, 2.45) is 16.7 Å². The molecule has 0 bridgehead atoms. The van der Waals surface area contributed by atoms with Crippen LogP contribution in [0.25, 0.3) is 0 Å². The lowest BCUT2D eigenvalue weighted by molar-refractivity contribution is -0.341. The summed E-state index contributed by atoms with van der Waals surface area (Å²) in [5, 5.41) is 60.2. The first kappa shape index (κ1) is 30.9. The molecule has 9 nitrogen and oxygen atoms in total. The summed E-state index contributed by atoms with van der Waals surface area (Å²) in [4.78, 5) is 26.7. The Hall–Kier alpha value is -3.08. The Morgan fingerprint density at radius 1 is 0.864 bits per heavy atom. The predicted octanol–water partition coefficient (Wildman–Crippen LogP) is 3.32. The maximum Gasteiger partial charge on any atom is 0.338 e. The lowest BCUT2D eigenvalue weighted by atomic mass is 9.41. The second-order valence-corrected chi connectivity index (χ2v) is 13.7. The summed E-state index contributed by atoms with van der Waals surface area (Å²) >= 11 is 0. The van der Waals surface area contributed by atoms with Crippen molar-refractivity contribution >= 4 is 11.9 Å². The van der Waals surface area contributed by atoms with Gasteiger partial charge in [-0.25, -0.2) is 9.59 Å². The predicted molar refractivity (Wildman–Crippen MR) is 159 cm³/mol. The average molecular weight is 607 g/mol. The Kier molecular flexibility index (Phi) is 7.37. The van der Waals surface area contributed by atoms with Crippen LogP contribution in [0.2, 0.25) is 0 Å². The van der Waals surface area contributed by atoms with Crippen molar-refractivity contribution in [2.45, 2.75) is 101 Å². The summed E-state index contributed by atoms with van der Waals surface area (Å²) < 4.78 is 12.0. The Balaban J connectivity index is 1.46. The van der Waals surface area contributed by atoms with E-state index in [0.29, 0.717) is 19.3 Å². The van der Waals surface area contributed by atoms with Gasteiger partial charge in [0.05, 0.1) is 22.6 Å². The molecule has 0 aromatic heterocycles. The van der Waals surface area contributed by atoms with Gasteiger partial charge in [-0.05, 0) is 75.1 Å². The second-order valence-electron chi connectivity index (χ2n) is 13.7. The highest BCUT2D eigenvalue weighted by atomic mass is 16.6. The van der Waals surface area contributed by atoms with Crippen LogP contribution in [0, 0.1) is 16.7 Å². The van der Waals surface area contributed by atoms with Crippen LogP contribution in [-0.2, 0) is 9.47 Å². The number of aliphatic hydroxyl groups excluding tert-OH is 2. The van der Waals surface area contributed by atoms with Gasteiger partial charge >= 0.3 is 11.9 Å². The first-order valence-corrected chi connectivity index (χ1v) is 15.5. The zero-order valence-corrected chi connectivity index (χ0v) is 25.3. The molecule has 3 saturated carbocycles. The highest BCUT2D eigenvalue weighted by molar-refractivity contribution is 5.90. The van der Waals surface area contributed by atoms with Crippen molar-refractivity contribution in [1.29, 1.82) is 0 Å². The molecular weight excluding hydrogens is 564 g/mol. The van der Waals surface area contributed by atoms with Crippen LogP contribution in [0.3, 0.4) is 0 Å². The normalized spacial score (nSPS) is 41.8. The first-order valence-electron chi connectivity index (χ1n) is 15.5. The molecule has 236 valence electrons. The van der Waals surface area contributed by atoms with Gasteiger partial charge in [-0.2, -0.15) is 0 Å². The summed E-state index contributed by atoms with van der Waals surface area (Å²) in [7, 11) is 0. The van der Waals surface area contributed by atoms with Gasteiger partial charge in [0.2, 0.25) is 0 Å². The molecule has 2 aromatic carbocycles. The molecule has 0 amide bonds. The highest BCUT2D eigenvalue weighted by Crippen LogP contribution is 2.71. The Bertz CT molecular complexity index is 1460. The molecule has 9 heteroatoms. The zero-order chi connectivity index (χ0) is 31.7. The maximum absolute atomic E-state index is 13.6. The van der Waals surface area contributed by atoms with Gasteiger partial charge in [0, 0.05) is 5.92 Å². The van der Waals surface area contributed by atoms with Gasteiger partial charge < -0.3 is 35.0 Å². The van der Waals surface area contributed by atoms with Crippen molar-refractivity contribution < 1.29 is 44.6 Å². The van der Waals surface area contributed by atoms with Gasteiger partial charge in [0.25, 0.3) is 0 Å². The van der Waals surface area contributed by atoms with E-state index in [1.165, 1.54) is 6.92 Å². The molecule has 6 rings (SSSR count). The molecule has 0 radical (unpaired) electrons. The molecule has 0 saturated heterocycles. The summed E-state index contributed by atoms with van der Waals surface area (Å²) in [5.41, 5.74) is -7.46. The number of benzene rings is 2. The summed E-state index contributed by atoms with van der Waals surface area (Å²) in [6, 6.07) is 16.7. The number of carbonyl (C=O) groups is 2. The van der Waals surface area contributed by atoms with Crippen LogP contribution >= 0.6 is 0 Å². The van der Waals surface area contributed by atoms with Crippen LogP contribution in [0.4, 0.5) is 0 Å². The van der Waals surface area contributed by atoms with Crippen LogP contribution in [-0.4, -0.2) is 78.7 Å². The van der Waals surface area contributed by atoms with Crippen LogP contribution in [0.15, 0.2) is 72.3 Å². The minimum absolute atomic E-state index is 0.0105. The van der Waals surface area contributed by atoms with E-state index >= 15 is 0 Å². The molecule has 0 aliphatic heterocycles. The van der Waals surface area contributed by atoms with Crippen LogP contribution in [0.1, 0.15) is 80.0 Å². The number of carbonyl (C=O) groups excluding carboxylic acids is 2. The molecule has 10 atom stereocenters. The van der Waals surface area contributed by atoms with Gasteiger partial charge in [-0.15, -0.1) is 0 Å². The summed E-state index contributed by atoms with van der Waals surface area (Å²) in [6.07, 6.45) is -1.88. The van der Waals surface area contributed by atoms with Crippen LogP contribution < -0.4 is 0 Å². The van der Waals surface area contributed by atoms with Gasteiger partial charge in [-0.1, -0.05) is 61.9 Å². The molecule has 0 spiro atoms. The van der Waals surface area contributed by atoms with E-state index in [1.807, 2.05) is 6.92 Å². The third-order valence-corrected chi connectivity index (χ3v) is 11.9. The largest absolute Gasteiger partial charge is 0.458 e. The topological polar surface area (TPSA) is 154 Å². The molecule has 3 fully saturated rings. The van der Waals surface area contributed by atoms with Crippen molar-refractivity contribution in [1.82, 2.24) is 0 Å². The number of aliphatic hydroxyl groups is 5. The minimum Gasteiger partial charge on any atom is -0.458 e. The average Bonchev–Trinajstić information content (AvgIpc) is 3.24. The molecule has 0 unspecified atom stereocenters. The molecule has 0 heterocycles. The number of fused-ring (bicyclic) bond motifs is 5. The fraction of sp³-hybridized carbons (Fsp3) is 0.543. The standard InChI is InChI=1S/C35H42O9/c1-21(43-29(38)22-10-6-4-7-11-22)33(40)16-17-34(41)32(33,3)28(44-30(39)23-12-8-5-9-13-23)20-26-31(2)15-14-25(36)18-24(31)19-27(37)35(26,34)42/h4-13,19,21,25-28,36-37,40-42H,14-18,20H2,1-3H3/t21-,25+,26-,27+,28-,31-,32+,33+,34+,35-/m0/s1. The first-order chi connectivity index (χ1) is 20.7. The van der Waals surface area contributed by atoms with E-state index in [2.05, 4.69) is 0 Å². The third-order valence-electron chi connectivity index (χ3n) is 11.9. The van der Waals surface area contributed by atoms with Crippen molar-refractivity contribution in [3.8, 4) is 0 Å². The van der Waals surface area contributed by atoms with Gasteiger partial charge in [0.1, 0.15) is 35.1 Å². The van der Waals surface area contributed by atoms with Crippen LogP contribution in [0.5, 0.6) is 0 Å². The zero-order valence-electron chi connectivity index (χ0n) is 25.3. The smallest absolute Gasteiger partial charge is 0.338 e. The quantitative estimate of drug-likeness (QED) is 0.255.